The van der Waals surface area contributed by atoms with Crippen LogP contribution < -0.4 is 0 Å². The van der Waals surface area contributed by atoms with E-state index in [1.807, 2.05) is 36.4 Å². The Morgan fingerprint density at radius 3 is 2.56 bits per heavy atom. The monoisotopic (exact) mass is 328 g/mol. The molecule has 0 bridgehead atoms. The summed E-state index contributed by atoms with van der Waals surface area (Å²) in [4.78, 5) is 2.41. The van der Waals surface area contributed by atoms with E-state index in [9.17, 15) is 10.4 Å². The van der Waals surface area contributed by atoms with Crippen molar-refractivity contribution in [2.75, 3.05) is 13.1 Å². The second-order valence-electron chi connectivity index (χ2n) is 6.60. The van der Waals surface area contributed by atoms with E-state index < -0.39 is 0 Å². The molecule has 1 saturated heterocycles. The quantitative estimate of drug-likeness (QED) is 0.764. The van der Waals surface area contributed by atoms with Crippen LogP contribution >= 0.6 is 0 Å². The third-order valence-corrected chi connectivity index (χ3v) is 5.06. The summed E-state index contributed by atoms with van der Waals surface area (Å²) in [6.07, 6.45) is 2.33. The average Bonchev–Trinajstić information content (AvgIpc) is 3.18. The molecule has 0 spiro atoms. The Kier molecular flexibility index (Phi) is 4.13. The molecule has 124 valence electrons. The van der Waals surface area contributed by atoms with Gasteiger partial charge in [-0.05, 0) is 60.5 Å². The van der Waals surface area contributed by atoms with Crippen LogP contribution in [0.2, 0.25) is 0 Å². The summed E-state index contributed by atoms with van der Waals surface area (Å²) in [5, 5.41) is 22.2. The van der Waals surface area contributed by atoms with Gasteiger partial charge < -0.3 is 5.11 Å². The zero-order valence-corrected chi connectivity index (χ0v) is 14.0. The summed E-state index contributed by atoms with van der Waals surface area (Å²) in [6.45, 7) is 2.01. The summed E-state index contributed by atoms with van der Waals surface area (Å²) >= 11 is 0. The van der Waals surface area contributed by atoms with Crippen LogP contribution in [-0.2, 0) is 0 Å². The Balaban J connectivity index is 1.95. The molecule has 3 aromatic rings. The van der Waals surface area contributed by atoms with Crippen molar-refractivity contribution in [3.05, 3.63) is 77.4 Å². The Hall–Kier alpha value is -2.83. The first-order chi connectivity index (χ1) is 12.3. The summed E-state index contributed by atoms with van der Waals surface area (Å²) in [5.41, 5.74) is 2.66. The van der Waals surface area contributed by atoms with Gasteiger partial charge in [0.25, 0.3) is 0 Å². The molecule has 0 aliphatic carbocycles. The number of likely N-dealkylation sites (tertiary alicyclic amines) is 1. The molecule has 25 heavy (non-hydrogen) atoms. The van der Waals surface area contributed by atoms with E-state index >= 15 is 0 Å². The lowest BCUT2D eigenvalue weighted by molar-refractivity contribution is 0.277. The van der Waals surface area contributed by atoms with Gasteiger partial charge in [-0.2, -0.15) is 5.26 Å². The number of nitrogens with zero attached hydrogens (tertiary/aromatic N) is 2. The lowest BCUT2D eigenvalue weighted by Crippen LogP contribution is -2.27. The van der Waals surface area contributed by atoms with Gasteiger partial charge in [-0.1, -0.05) is 42.5 Å². The summed E-state index contributed by atoms with van der Waals surface area (Å²) in [5.74, 6) is 0.318. The molecule has 0 amide bonds. The van der Waals surface area contributed by atoms with Crippen molar-refractivity contribution < 1.29 is 5.11 Å². The maximum Gasteiger partial charge on any atom is 0.121 e. The number of fused-ring (bicyclic) bond motifs is 1. The largest absolute Gasteiger partial charge is 0.508 e. The number of nitriles is 1. The van der Waals surface area contributed by atoms with Crippen molar-refractivity contribution in [3.63, 3.8) is 0 Å². The first-order valence-electron chi connectivity index (χ1n) is 8.72. The van der Waals surface area contributed by atoms with Crippen molar-refractivity contribution in [1.82, 2.24) is 4.90 Å². The molecule has 1 heterocycles. The van der Waals surface area contributed by atoms with Gasteiger partial charge in [0.05, 0.1) is 17.7 Å². The number of rotatable bonds is 3. The van der Waals surface area contributed by atoms with Crippen LogP contribution in [0.5, 0.6) is 5.75 Å². The van der Waals surface area contributed by atoms with Gasteiger partial charge in [-0.15, -0.1) is 0 Å². The summed E-state index contributed by atoms with van der Waals surface area (Å²) in [6, 6.07) is 21.9. The standard InChI is InChI=1S/C22H20N2O/c23-15-16-6-5-8-18(14-16)22(24-12-3-4-13-24)21-19-9-2-1-7-17(19)10-11-20(21)25/h1-2,5-11,14,22,25H,3-4,12-13H2. The number of phenolic OH excluding ortho intramolecular Hbond substituents is 1. The predicted molar refractivity (Wildman–Crippen MR) is 99.4 cm³/mol. The Labute approximate surface area is 147 Å². The van der Waals surface area contributed by atoms with E-state index in [1.54, 1.807) is 6.07 Å². The lowest BCUT2D eigenvalue weighted by Gasteiger charge is -2.30. The molecular weight excluding hydrogens is 308 g/mol. The molecule has 4 rings (SSSR count). The minimum atomic E-state index is -0.0399. The number of benzene rings is 3. The van der Waals surface area contributed by atoms with E-state index in [4.69, 9.17) is 0 Å². The fourth-order valence-corrected chi connectivity index (χ4v) is 3.91. The molecule has 1 atom stereocenters. The molecular formula is C22H20N2O. The second-order valence-corrected chi connectivity index (χ2v) is 6.60. The van der Waals surface area contributed by atoms with Crippen molar-refractivity contribution in [2.24, 2.45) is 0 Å². The van der Waals surface area contributed by atoms with Crippen LogP contribution in [0.25, 0.3) is 10.8 Å². The summed E-state index contributed by atoms with van der Waals surface area (Å²) in [7, 11) is 0. The van der Waals surface area contributed by atoms with Crippen molar-refractivity contribution in [3.8, 4) is 11.8 Å². The van der Waals surface area contributed by atoms with Crippen LogP contribution in [0.3, 0.4) is 0 Å². The van der Waals surface area contributed by atoms with Gasteiger partial charge in [0, 0.05) is 5.56 Å². The van der Waals surface area contributed by atoms with Crippen LogP contribution in [-0.4, -0.2) is 23.1 Å². The number of hydrogen-bond acceptors (Lipinski definition) is 3. The van der Waals surface area contributed by atoms with Gasteiger partial charge in [0.2, 0.25) is 0 Å². The van der Waals surface area contributed by atoms with E-state index in [0.29, 0.717) is 11.3 Å². The molecule has 1 N–H and O–H groups in total. The molecule has 0 aromatic heterocycles. The number of hydrogen-bond donors (Lipinski definition) is 1. The topological polar surface area (TPSA) is 47.3 Å². The molecule has 3 nitrogen and oxygen atoms in total. The van der Waals surface area contributed by atoms with Crippen molar-refractivity contribution in [1.29, 1.82) is 5.26 Å². The lowest BCUT2D eigenvalue weighted by atomic mass is 9.91. The van der Waals surface area contributed by atoms with Gasteiger partial charge >= 0.3 is 0 Å². The van der Waals surface area contributed by atoms with Crippen molar-refractivity contribution >= 4 is 10.8 Å². The molecule has 0 saturated carbocycles. The van der Waals surface area contributed by atoms with Gasteiger partial charge in [0.15, 0.2) is 0 Å². The highest BCUT2D eigenvalue weighted by Crippen LogP contribution is 2.40. The Bertz CT molecular complexity index is 952. The minimum Gasteiger partial charge on any atom is -0.508 e. The minimum absolute atomic E-state index is 0.0399. The van der Waals surface area contributed by atoms with Crippen LogP contribution in [0.1, 0.15) is 35.6 Å². The molecule has 1 unspecified atom stereocenters. The smallest absolute Gasteiger partial charge is 0.121 e. The normalized spacial score (nSPS) is 16.0. The maximum atomic E-state index is 10.7. The average molecular weight is 328 g/mol. The van der Waals surface area contributed by atoms with E-state index in [2.05, 4.69) is 29.2 Å². The number of phenols is 1. The Morgan fingerprint density at radius 1 is 0.960 bits per heavy atom. The molecule has 1 aliphatic heterocycles. The zero-order valence-electron chi connectivity index (χ0n) is 14.0. The highest BCUT2D eigenvalue weighted by atomic mass is 16.3. The van der Waals surface area contributed by atoms with Gasteiger partial charge in [-0.25, -0.2) is 0 Å². The molecule has 3 heteroatoms. The SMILES string of the molecule is N#Cc1cccc(C(c2c(O)ccc3ccccc23)N2CCCC2)c1. The molecule has 1 fully saturated rings. The predicted octanol–water partition coefficient (Wildman–Crippen LogP) is 4.60. The zero-order chi connectivity index (χ0) is 17.2. The molecule has 3 aromatic carbocycles. The van der Waals surface area contributed by atoms with E-state index in [-0.39, 0.29) is 6.04 Å². The highest BCUT2D eigenvalue weighted by Gasteiger charge is 2.28. The van der Waals surface area contributed by atoms with Crippen molar-refractivity contribution in [2.45, 2.75) is 18.9 Å². The third kappa shape index (κ3) is 2.86. The molecule has 1 aliphatic rings. The fourth-order valence-electron chi connectivity index (χ4n) is 3.91. The van der Waals surface area contributed by atoms with Gasteiger partial charge in [-0.3, -0.25) is 4.90 Å². The summed E-state index contributed by atoms with van der Waals surface area (Å²) < 4.78 is 0. The van der Waals surface area contributed by atoms with Gasteiger partial charge in [0.1, 0.15) is 5.75 Å². The highest BCUT2D eigenvalue weighted by molar-refractivity contribution is 5.88. The Morgan fingerprint density at radius 2 is 1.76 bits per heavy atom. The van der Waals surface area contributed by atoms with E-state index in [0.717, 1.165) is 35.0 Å². The molecule has 0 radical (unpaired) electrons. The second kappa shape index (κ2) is 6.58. The van der Waals surface area contributed by atoms with Crippen LogP contribution in [0.4, 0.5) is 0 Å². The number of aromatic hydroxyl groups is 1. The third-order valence-electron chi connectivity index (χ3n) is 5.06. The maximum absolute atomic E-state index is 10.7. The van der Waals surface area contributed by atoms with E-state index in [1.165, 1.54) is 12.8 Å². The van der Waals surface area contributed by atoms with Crippen LogP contribution in [0, 0.1) is 11.3 Å². The first-order valence-corrected chi connectivity index (χ1v) is 8.72. The fraction of sp³-hybridized carbons (Fsp3) is 0.227. The first kappa shape index (κ1) is 15.7. The van der Waals surface area contributed by atoms with Crippen LogP contribution in [0.15, 0.2) is 60.7 Å².